The summed E-state index contributed by atoms with van der Waals surface area (Å²) in [6.07, 6.45) is 2.66. The predicted octanol–water partition coefficient (Wildman–Crippen LogP) is 4.97. The molecule has 1 aliphatic rings. The maximum absolute atomic E-state index is 3.60. The topological polar surface area (TPSA) is 3.24 Å². The van der Waals surface area contributed by atoms with Crippen molar-refractivity contribution in [2.45, 2.75) is 38.1 Å². The SMILES string of the molecule is CC1CCC(C)N(c2ccc(Br)cc2CBr)C1. The van der Waals surface area contributed by atoms with Crippen LogP contribution in [0.4, 0.5) is 5.69 Å². The van der Waals surface area contributed by atoms with Crippen LogP contribution in [0.3, 0.4) is 0 Å². The van der Waals surface area contributed by atoms with Crippen LogP contribution in [0.5, 0.6) is 0 Å². The molecule has 1 saturated heterocycles. The normalized spacial score (nSPS) is 25.1. The first-order valence-corrected chi connectivity index (χ1v) is 8.14. The summed E-state index contributed by atoms with van der Waals surface area (Å²) in [5, 5.41) is 0.916. The summed E-state index contributed by atoms with van der Waals surface area (Å²) in [4.78, 5) is 2.57. The van der Waals surface area contributed by atoms with Gasteiger partial charge in [-0.1, -0.05) is 38.8 Å². The standard InChI is InChI=1S/C14H19Br2N/c1-10-3-4-11(2)17(9-10)14-6-5-13(16)7-12(14)8-15/h5-7,10-11H,3-4,8-9H2,1-2H3. The van der Waals surface area contributed by atoms with Crippen LogP contribution < -0.4 is 4.90 Å². The van der Waals surface area contributed by atoms with Gasteiger partial charge in [0.05, 0.1) is 0 Å². The maximum Gasteiger partial charge on any atom is 0.0410 e. The van der Waals surface area contributed by atoms with Crippen LogP contribution in [0.2, 0.25) is 0 Å². The lowest BCUT2D eigenvalue weighted by Gasteiger charge is -2.39. The summed E-state index contributed by atoms with van der Waals surface area (Å²) in [6, 6.07) is 7.27. The number of hydrogen-bond donors (Lipinski definition) is 0. The Labute approximate surface area is 121 Å². The van der Waals surface area contributed by atoms with Gasteiger partial charge in [0.2, 0.25) is 0 Å². The molecule has 1 nitrogen and oxygen atoms in total. The van der Waals surface area contributed by atoms with Gasteiger partial charge in [-0.15, -0.1) is 0 Å². The Hall–Kier alpha value is -0.0200. The van der Waals surface area contributed by atoms with E-state index < -0.39 is 0 Å². The van der Waals surface area contributed by atoms with Gasteiger partial charge >= 0.3 is 0 Å². The van der Waals surface area contributed by atoms with Crippen molar-refractivity contribution >= 4 is 37.5 Å². The van der Waals surface area contributed by atoms with Gasteiger partial charge in [0.25, 0.3) is 0 Å². The summed E-state index contributed by atoms with van der Waals surface area (Å²) in [5.41, 5.74) is 2.77. The summed E-state index contributed by atoms with van der Waals surface area (Å²) < 4.78 is 1.16. The van der Waals surface area contributed by atoms with Crippen LogP contribution in [0, 0.1) is 5.92 Å². The first-order valence-electron chi connectivity index (χ1n) is 6.23. The molecule has 1 fully saturated rings. The second-order valence-corrected chi connectivity index (χ2v) is 6.57. The van der Waals surface area contributed by atoms with E-state index in [1.807, 2.05) is 0 Å². The highest BCUT2D eigenvalue weighted by Crippen LogP contribution is 2.32. The summed E-state index contributed by atoms with van der Waals surface area (Å²) in [6.45, 7) is 5.88. The van der Waals surface area contributed by atoms with Gasteiger partial charge in [-0.05, 0) is 49.4 Å². The Morgan fingerprint density at radius 3 is 2.76 bits per heavy atom. The van der Waals surface area contributed by atoms with E-state index in [4.69, 9.17) is 0 Å². The maximum atomic E-state index is 3.60. The average Bonchev–Trinajstić information content (AvgIpc) is 2.32. The molecular formula is C14H19Br2N. The molecule has 1 aliphatic heterocycles. The minimum Gasteiger partial charge on any atom is -0.368 e. The highest BCUT2D eigenvalue weighted by atomic mass is 79.9. The smallest absolute Gasteiger partial charge is 0.0410 e. The molecule has 2 rings (SSSR count). The van der Waals surface area contributed by atoms with Crippen LogP contribution in [0.1, 0.15) is 32.3 Å². The fourth-order valence-electron chi connectivity index (χ4n) is 2.57. The van der Waals surface area contributed by atoms with Crippen molar-refractivity contribution in [3.63, 3.8) is 0 Å². The van der Waals surface area contributed by atoms with Crippen molar-refractivity contribution in [1.29, 1.82) is 0 Å². The molecule has 0 aliphatic carbocycles. The molecule has 0 bridgehead atoms. The van der Waals surface area contributed by atoms with Crippen LogP contribution in [-0.4, -0.2) is 12.6 Å². The van der Waals surface area contributed by atoms with Crippen molar-refractivity contribution in [2.75, 3.05) is 11.4 Å². The molecule has 0 aromatic heterocycles. The van der Waals surface area contributed by atoms with Gasteiger partial charge in [0.1, 0.15) is 0 Å². The van der Waals surface area contributed by atoms with Crippen LogP contribution >= 0.6 is 31.9 Å². The average molecular weight is 361 g/mol. The van der Waals surface area contributed by atoms with Gasteiger partial charge in [-0.2, -0.15) is 0 Å². The van der Waals surface area contributed by atoms with E-state index in [1.54, 1.807) is 0 Å². The third kappa shape index (κ3) is 3.05. The highest BCUT2D eigenvalue weighted by Gasteiger charge is 2.24. The fraction of sp³-hybridized carbons (Fsp3) is 0.571. The van der Waals surface area contributed by atoms with Crippen LogP contribution in [-0.2, 0) is 5.33 Å². The minimum absolute atomic E-state index is 0.658. The van der Waals surface area contributed by atoms with Crippen LogP contribution in [0.25, 0.3) is 0 Å². The Bertz CT molecular complexity index is 392. The molecule has 2 unspecified atom stereocenters. The Kier molecular flexibility index (Phi) is 4.53. The molecule has 0 radical (unpaired) electrons. The van der Waals surface area contributed by atoms with Crippen molar-refractivity contribution in [3.8, 4) is 0 Å². The van der Waals surface area contributed by atoms with E-state index in [0.29, 0.717) is 6.04 Å². The molecule has 1 heterocycles. The molecule has 0 N–H and O–H groups in total. The van der Waals surface area contributed by atoms with Gasteiger partial charge in [-0.3, -0.25) is 0 Å². The number of benzene rings is 1. The zero-order valence-corrected chi connectivity index (χ0v) is 13.6. The molecular weight excluding hydrogens is 342 g/mol. The largest absolute Gasteiger partial charge is 0.368 e. The number of rotatable bonds is 2. The lowest BCUT2D eigenvalue weighted by Crippen LogP contribution is -2.41. The quantitative estimate of drug-likeness (QED) is 0.673. The first kappa shape index (κ1) is 13.4. The zero-order valence-electron chi connectivity index (χ0n) is 10.4. The van der Waals surface area contributed by atoms with Crippen molar-refractivity contribution in [2.24, 2.45) is 5.92 Å². The molecule has 94 valence electrons. The van der Waals surface area contributed by atoms with Gasteiger partial charge in [0.15, 0.2) is 0 Å². The summed E-state index contributed by atoms with van der Waals surface area (Å²) in [7, 11) is 0. The first-order chi connectivity index (χ1) is 8.11. The van der Waals surface area contributed by atoms with E-state index in [2.05, 4.69) is 68.8 Å². The number of alkyl halides is 1. The van der Waals surface area contributed by atoms with Gasteiger partial charge in [0, 0.05) is 28.1 Å². The van der Waals surface area contributed by atoms with Crippen molar-refractivity contribution in [3.05, 3.63) is 28.2 Å². The number of nitrogens with zero attached hydrogens (tertiary/aromatic N) is 1. The van der Waals surface area contributed by atoms with E-state index >= 15 is 0 Å². The Morgan fingerprint density at radius 1 is 1.29 bits per heavy atom. The van der Waals surface area contributed by atoms with E-state index in [9.17, 15) is 0 Å². The summed E-state index contributed by atoms with van der Waals surface area (Å²) in [5.74, 6) is 0.804. The molecule has 0 saturated carbocycles. The highest BCUT2D eigenvalue weighted by molar-refractivity contribution is 9.10. The van der Waals surface area contributed by atoms with E-state index in [0.717, 1.165) is 15.7 Å². The molecule has 1 aromatic rings. The number of hydrogen-bond acceptors (Lipinski definition) is 1. The second-order valence-electron chi connectivity index (χ2n) is 5.09. The van der Waals surface area contributed by atoms with Crippen LogP contribution in [0.15, 0.2) is 22.7 Å². The zero-order chi connectivity index (χ0) is 12.4. The lowest BCUT2D eigenvalue weighted by molar-refractivity contribution is 0.390. The van der Waals surface area contributed by atoms with E-state index in [1.165, 1.54) is 30.6 Å². The molecule has 2 atom stereocenters. The van der Waals surface area contributed by atoms with Gasteiger partial charge < -0.3 is 4.90 Å². The predicted molar refractivity (Wildman–Crippen MR) is 82.0 cm³/mol. The molecule has 1 aromatic carbocycles. The van der Waals surface area contributed by atoms with Crippen molar-refractivity contribution in [1.82, 2.24) is 0 Å². The third-order valence-electron chi connectivity index (χ3n) is 3.61. The number of halogens is 2. The van der Waals surface area contributed by atoms with Gasteiger partial charge in [-0.25, -0.2) is 0 Å². The Balaban J connectivity index is 2.31. The second kappa shape index (κ2) is 5.75. The fourth-order valence-corrected chi connectivity index (χ4v) is 3.42. The molecule has 0 spiro atoms. The minimum atomic E-state index is 0.658. The Morgan fingerprint density at radius 2 is 2.06 bits per heavy atom. The summed E-state index contributed by atoms with van der Waals surface area (Å²) >= 11 is 7.15. The van der Waals surface area contributed by atoms with E-state index in [-0.39, 0.29) is 0 Å². The molecule has 3 heteroatoms. The monoisotopic (exact) mass is 359 g/mol. The third-order valence-corrected chi connectivity index (χ3v) is 4.71. The molecule has 17 heavy (non-hydrogen) atoms. The number of anilines is 1. The van der Waals surface area contributed by atoms with Crippen molar-refractivity contribution < 1.29 is 0 Å². The molecule has 0 amide bonds. The number of piperidine rings is 1. The lowest BCUT2D eigenvalue weighted by atomic mass is 9.94.